The van der Waals surface area contributed by atoms with Crippen LogP contribution in [0.5, 0.6) is 0 Å². The van der Waals surface area contributed by atoms with Crippen LogP contribution in [0, 0.1) is 11.8 Å². The molecule has 1 aromatic heterocycles. The second-order valence-corrected chi connectivity index (χ2v) is 8.03. The number of aromatic nitrogens is 1. The minimum Gasteiger partial charge on any atom is -0.353 e. The van der Waals surface area contributed by atoms with Crippen molar-refractivity contribution in [2.24, 2.45) is 11.8 Å². The van der Waals surface area contributed by atoms with Crippen molar-refractivity contribution in [1.82, 2.24) is 20.5 Å². The summed E-state index contributed by atoms with van der Waals surface area (Å²) in [5.74, 6) is -2.80. The number of nitrogens with one attached hydrogen (secondary N) is 2. The van der Waals surface area contributed by atoms with Crippen molar-refractivity contribution in [2.45, 2.75) is 44.2 Å². The van der Waals surface area contributed by atoms with E-state index in [1.165, 1.54) is 11.8 Å². The van der Waals surface area contributed by atoms with E-state index in [9.17, 15) is 35.9 Å². The molecule has 0 bridgehead atoms. The van der Waals surface area contributed by atoms with Crippen molar-refractivity contribution in [3.63, 3.8) is 0 Å². The zero-order valence-electron chi connectivity index (χ0n) is 16.1. The normalized spacial score (nSPS) is 25.5. The minimum absolute atomic E-state index is 0.142. The lowest BCUT2D eigenvalue weighted by Gasteiger charge is -2.42. The molecule has 1 saturated heterocycles. The molecule has 1 aliphatic heterocycles. The molecule has 0 spiro atoms. The number of rotatable bonds is 3. The highest BCUT2D eigenvalue weighted by molar-refractivity contribution is 6.31. The van der Waals surface area contributed by atoms with Crippen LogP contribution in [0.25, 0.3) is 0 Å². The number of alkyl halides is 6. The van der Waals surface area contributed by atoms with Gasteiger partial charge in [0.05, 0.1) is 22.7 Å². The van der Waals surface area contributed by atoms with E-state index in [0.717, 1.165) is 12.1 Å². The maximum Gasteiger partial charge on any atom is 0.434 e. The number of hydrogen-bond donors (Lipinski definition) is 2. The predicted molar refractivity (Wildman–Crippen MR) is 97.0 cm³/mol. The van der Waals surface area contributed by atoms with Gasteiger partial charge >= 0.3 is 18.4 Å². The Morgan fingerprint density at radius 1 is 1.26 bits per heavy atom. The summed E-state index contributed by atoms with van der Waals surface area (Å²) in [5, 5.41) is 4.39. The number of piperazine rings is 1. The van der Waals surface area contributed by atoms with Crippen LogP contribution in [0.4, 0.5) is 31.1 Å². The zero-order chi connectivity index (χ0) is 23.1. The zero-order valence-corrected chi connectivity index (χ0v) is 16.9. The lowest BCUT2D eigenvalue weighted by atomic mass is 9.70. The molecule has 1 aromatic rings. The van der Waals surface area contributed by atoms with Crippen molar-refractivity contribution in [1.29, 1.82) is 0 Å². The van der Waals surface area contributed by atoms with E-state index in [0.29, 0.717) is 0 Å². The number of amides is 3. The van der Waals surface area contributed by atoms with Crippen LogP contribution in [0.15, 0.2) is 12.1 Å². The molecular formula is C18H19ClF6N4O2. The van der Waals surface area contributed by atoms with Gasteiger partial charge in [-0.1, -0.05) is 11.6 Å². The van der Waals surface area contributed by atoms with Crippen LogP contribution in [-0.4, -0.2) is 47.1 Å². The molecule has 1 aliphatic carbocycles. The summed E-state index contributed by atoms with van der Waals surface area (Å²) in [6.07, 6.45) is -10.0. The minimum atomic E-state index is -4.88. The van der Waals surface area contributed by atoms with E-state index >= 15 is 0 Å². The maximum atomic E-state index is 13.2. The first-order valence-electron chi connectivity index (χ1n) is 9.44. The topological polar surface area (TPSA) is 74.3 Å². The van der Waals surface area contributed by atoms with Crippen LogP contribution in [0.2, 0.25) is 5.02 Å². The van der Waals surface area contributed by atoms with Gasteiger partial charge in [-0.2, -0.15) is 26.3 Å². The first-order chi connectivity index (χ1) is 14.3. The highest BCUT2D eigenvalue weighted by atomic mass is 35.5. The average molecular weight is 473 g/mol. The van der Waals surface area contributed by atoms with E-state index in [1.54, 1.807) is 0 Å². The SMILES string of the molecule is C[C@@H]1C(=O)NCCN1C(=O)N[C@@H](c1ccc(Cl)c(C(F)(F)F)n1)C1CC(C(F)(F)F)C1. The first-order valence-corrected chi connectivity index (χ1v) is 9.82. The molecule has 13 heteroatoms. The highest BCUT2D eigenvalue weighted by Gasteiger charge is 2.51. The van der Waals surface area contributed by atoms with Gasteiger partial charge in [-0.25, -0.2) is 9.78 Å². The van der Waals surface area contributed by atoms with Crippen molar-refractivity contribution in [3.05, 3.63) is 28.5 Å². The number of carbonyl (C=O) groups excluding carboxylic acids is 2. The number of pyridine rings is 1. The summed E-state index contributed by atoms with van der Waals surface area (Å²) >= 11 is 5.59. The Morgan fingerprint density at radius 3 is 2.48 bits per heavy atom. The highest BCUT2D eigenvalue weighted by Crippen LogP contribution is 2.49. The molecule has 0 unspecified atom stereocenters. The number of urea groups is 1. The summed E-state index contributed by atoms with van der Waals surface area (Å²) in [5.41, 5.74) is -1.63. The Morgan fingerprint density at radius 2 is 1.90 bits per heavy atom. The molecule has 0 radical (unpaired) electrons. The fourth-order valence-corrected chi connectivity index (χ4v) is 3.95. The van der Waals surface area contributed by atoms with Gasteiger partial charge in [0.25, 0.3) is 0 Å². The molecule has 2 aliphatic rings. The lowest BCUT2D eigenvalue weighted by molar-refractivity contribution is -0.206. The molecule has 2 fully saturated rings. The van der Waals surface area contributed by atoms with Gasteiger partial charge in [-0.3, -0.25) is 4.79 Å². The number of halogens is 7. The summed E-state index contributed by atoms with van der Waals surface area (Å²) in [4.78, 5) is 29.2. The van der Waals surface area contributed by atoms with E-state index in [2.05, 4.69) is 15.6 Å². The molecule has 3 amide bonds. The Labute approximate surface area is 178 Å². The smallest absolute Gasteiger partial charge is 0.353 e. The van der Waals surface area contributed by atoms with Crippen molar-refractivity contribution in [3.8, 4) is 0 Å². The summed E-state index contributed by atoms with van der Waals surface area (Å²) < 4.78 is 78.5. The van der Waals surface area contributed by atoms with Crippen molar-refractivity contribution in [2.75, 3.05) is 13.1 Å². The number of carbonyl (C=O) groups is 2. The second kappa shape index (κ2) is 8.36. The van der Waals surface area contributed by atoms with Crippen LogP contribution >= 0.6 is 11.6 Å². The average Bonchev–Trinajstić information content (AvgIpc) is 2.60. The lowest BCUT2D eigenvalue weighted by Crippen LogP contribution is -2.59. The molecule has 1 saturated carbocycles. The Balaban J connectivity index is 1.88. The Bertz CT molecular complexity index is 856. The predicted octanol–water partition coefficient (Wildman–Crippen LogP) is 3.91. The molecule has 0 aromatic carbocycles. The van der Waals surface area contributed by atoms with Gasteiger partial charge < -0.3 is 15.5 Å². The maximum absolute atomic E-state index is 13.2. The number of hydrogen-bond acceptors (Lipinski definition) is 3. The summed E-state index contributed by atoms with van der Waals surface area (Å²) in [6, 6.07) is -0.726. The molecule has 3 rings (SSSR count). The second-order valence-electron chi connectivity index (χ2n) is 7.62. The van der Waals surface area contributed by atoms with E-state index in [-0.39, 0.29) is 31.6 Å². The molecule has 6 nitrogen and oxygen atoms in total. The quantitative estimate of drug-likeness (QED) is 0.655. The third kappa shape index (κ3) is 4.99. The van der Waals surface area contributed by atoms with Crippen LogP contribution in [0.1, 0.15) is 37.2 Å². The van der Waals surface area contributed by atoms with Gasteiger partial charge in [0, 0.05) is 13.1 Å². The first kappa shape index (κ1) is 23.4. The fraction of sp³-hybridized carbons (Fsp3) is 0.611. The van der Waals surface area contributed by atoms with Gasteiger partial charge in [-0.05, 0) is 37.8 Å². The van der Waals surface area contributed by atoms with Gasteiger partial charge in [0.1, 0.15) is 6.04 Å². The monoisotopic (exact) mass is 472 g/mol. The molecule has 172 valence electrons. The van der Waals surface area contributed by atoms with E-state index in [4.69, 9.17) is 11.6 Å². The van der Waals surface area contributed by atoms with Crippen LogP contribution < -0.4 is 10.6 Å². The van der Waals surface area contributed by atoms with Crippen molar-refractivity contribution < 1.29 is 35.9 Å². The standard InChI is InChI=1S/C18H19ClF6N4O2/c1-8-15(30)26-4-5-29(8)16(31)28-13(9-6-10(7-9)17(20,21)22)12-3-2-11(19)14(27-12)18(23,24)25/h2-3,8-10,13H,4-7H2,1H3,(H,26,30)(H,28,31)/t8-,9?,10?,13-/m1/s1. The van der Waals surface area contributed by atoms with Crippen LogP contribution in [-0.2, 0) is 11.0 Å². The largest absolute Gasteiger partial charge is 0.434 e. The molecule has 31 heavy (non-hydrogen) atoms. The number of nitrogens with zero attached hydrogens (tertiary/aromatic N) is 2. The fourth-order valence-electron chi connectivity index (χ4n) is 3.74. The van der Waals surface area contributed by atoms with Gasteiger partial charge in [0.15, 0.2) is 5.69 Å². The third-order valence-corrected chi connectivity index (χ3v) is 5.91. The van der Waals surface area contributed by atoms with Crippen molar-refractivity contribution >= 4 is 23.5 Å². The summed E-state index contributed by atoms with van der Waals surface area (Å²) in [7, 11) is 0. The van der Waals surface area contributed by atoms with E-state index < -0.39 is 58.9 Å². The molecule has 2 atom stereocenters. The van der Waals surface area contributed by atoms with Crippen LogP contribution in [0.3, 0.4) is 0 Å². The molecule has 2 N–H and O–H groups in total. The Hall–Kier alpha value is -2.24. The molecule has 2 heterocycles. The third-order valence-electron chi connectivity index (χ3n) is 5.60. The molecular weight excluding hydrogens is 454 g/mol. The summed E-state index contributed by atoms with van der Waals surface area (Å²) in [6.45, 7) is 1.79. The Kier molecular flexibility index (Phi) is 6.32. The van der Waals surface area contributed by atoms with E-state index in [1.807, 2.05) is 0 Å². The van der Waals surface area contributed by atoms with Gasteiger partial charge in [0.2, 0.25) is 5.91 Å². The van der Waals surface area contributed by atoms with Gasteiger partial charge in [-0.15, -0.1) is 0 Å².